The Morgan fingerprint density at radius 1 is 1.50 bits per heavy atom. The summed E-state index contributed by atoms with van der Waals surface area (Å²) < 4.78 is 4.26. The number of nitrogens with zero attached hydrogens (tertiary/aromatic N) is 2. The number of piperidine rings is 1. The third-order valence-corrected chi connectivity index (χ3v) is 3.85. The Balaban J connectivity index is 1.62. The SMILES string of the molecule is CCc1nsc(NC2C3CNCC32)n1. The summed E-state index contributed by atoms with van der Waals surface area (Å²) in [4.78, 5) is 4.41. The fourth-order valence-electron chi connectivity index (χ4n) is 2.23. The highest BCUT2D eigenvalue weighted by Crippen LogP contribution is 2.43. The van der Waals surface area contributed by atoms with E-state index in [2.05, 4.69) is 26.9 Å². The Morgan fingerprint density at radius 2 is 2.29 bits per heavy atom. The first kappa shape index (κ1) is 8.61. The quantitative estimate of drug-likeness (QED) is 0.772. The zero-order valence-electron chi connectivity index (χ0n) is 8.16. The van der Waals surface area contributed by atoms with Gasteiger partial charge in [0.1, 0.15) is 5.82 Å². The van der Waals surface area contributed by atoms with Crippen molar-refractivity contribution >= 4 is 16.7 Å². The standard InChI is InChI=1S/C9H14N4S/c1-2-7-11-9(14-13-7)12-8-5-3-10-4-6(5)8/h5-6,8,10H,2-4H2,1H3,(H,11,12,13). The molecule has 4 nitrogen and oxygen atoms in total. The van der Waals surface area contributed by atoms with E-state index in [0.29, 0.717) is 6.04 Å². The van der Waals surface area contributed by atoms with Gasteiger partial charge in [0.25, 0.3) is 0 Å². The van der Waals surface area contributed by atoms with Gasteiger partial charge >= 0.3 is 0 Å². The van der Waals surface area contributed by atoms with Gasteiger partial charge in [-0.1, -0.05) is 6.92 Å². The van der Waals surface area contributed by atoms with Crippen LogP contribution in [-0.2, 0) is 6.42 Å². The number of rotatable bonds is 3. The second-order valence-electron chi connectivity index (χ2n) is 4.03. The third-order valence-electron chi connectivity index (χ3n) is 3.17. The van der Waals surface area contributed by atoms with Gasteiger partial charge in [0.2, 0.25) is 5.13 Å². The zero-order valence-corrected chi connectivity index (χ0v) is 8.97. The lowest BCUT2D eigenvalue weighted by Crippen LogP contribution is -2.21. The second kappa shape index (κ2) is 3.17. The fourth-order valence-corrected chi connectivity index (χ4v) is 2.93. The summed E-state index contributed by atoms with van der Waals surface area (Å²) >= 11 is 1.49. The molecule has 2 heterocycles. The van der Waals surface area contributed by atoms with Crippen molar-refractivity contribution in [1.29, 1.82) is 0 Å². The maximum atomic E-state index is 4.41. The van der Waals surface area contributed by atoms with Gasteiger partial charge in [0.05, 0.1) is 0 Å². The molecule has 1 aliphatic carbocycles. The van der Waals surface area contributed by atoms with Crippen molar-refractivity contribution in [3.05, 3.63) is 5.82 Å². The Bertz CT molecular complexity index is 327. The van der Waals surface area contributed by atoms with Crippen LogP contribution in [-0.4, -0.2) is 28.5 Å². The van der Waals surface area contributed by atoms with Crippen molar-refractivity contribution in [2.45, 2.75) is 19.4 Å². The van der Waals surface area contributed by atoms with E-state index >= 15 is 0 Å². The predicted molar refractivity (Wildman–Crippen MR) is 56.5 cm³/mol. The average Bonchev–Trinajstić information content (AvgIpc) is 2.64. The number of nitrogens with one attached hydrogen (secondary N) is 2. The molecular weight excluding hydrogens is 196 g/mol. The topological polar surface area (TPSA) is 49.8 Å². The monoisotopic (exact) mass is 210 g/mol. The van der Waals surface area contributed by atoms with Crippen LogP contribution in [0.3, 0.4) is 0 Å². The Kier molecular flexibility index (Phi) is 1.95. The van der Waals surface area contributed by atoms with E-state index in [4.69, 9.17) is 0 Å². The highest BCUT2D eigenvalue weighted by atomic mass is 32.1. The molecule has 1 aliphatic heterocycles. The number of hydrogen-bond donors (Lipinski definition) is 2. The van der Waals surface area contributed by atoms with Crippen molar-refractivity contribution in [1.82, 2.24) is 14.7 Å². The van der Waals surface area contributed by atoms with E-state index in [0.717, 1.165) is 29.2 Å². The van der Waals surface area contributed by atoms with Crippen LogP contribution in [0.2, 0.25) is 0 Å². The predicted octanol–water partition coefficient (Wildman–Crippen LogP) is 0.730. The molecule has 5 heteroatoms. The van der Waals surface area contributed by atoms with Crippen molar-refractivity contribution in [3.8, 4) is 0 Å². The van der Waals surface area contributed by atoms with Gasteiger partial charge in [0.15, 0.2) is 0 Å². The van der Waals surface area contributed by atoms with Crippen molar-refractivity contribution in [2.24, 2.45) is 11.8 Å². The number of hydrogen-bond acceptors (Lipinski definition) is 5. The molecule has 2 aliphatic rings. The van der Waals surface area contributed by atoms with Gasteiger partial charge in [-0.05, 0) is 11.8 Å². The van der Waals surface area contributed by atoms with E-state index in [1.54, 1.807) is 0 Å². The Labute approximate surface area is 87.3 Å². The molecule has 0 amide bonds. The molecule has 0 radical (unpaired) electrons. The first-order chi connectivity index (χ1) is 6.88. The minimum absolute atomic E-state index is 0.661. The van der Waals surface area contributed by atoms with Gasteiger partial charge in [-0.2, -0.15) is 4.37 Å². The van der Waals surface area contributed by atoms with Crippen LogP contribution in [0, 0.1) is 11.8 Å². The summed E-state index contributed by atoms with van der Waals surface area (Å²) in [6.45, 7) is 4.42. The van der Waals surface area contributed by atoms with E-state index in [9.17, 15) is 0 Å². The smallest absolute Gasteiger partial charge is 0.202 e. The van der Waals surface area contributed by atoms with Crippen LogP contribution in [0.25, 0.3) is 0 Å². The van der Waals surface area contributed by atoms with Gasteiger partial charge in [-0.15, -0.1) is 0 Å². The average molecular weight is 210 g/mol. The molecule has 2 atom stereocenters. The molecule has 76 valence electrons. The van der Waals surface area contributed by atoms with Crippen LogP contribution >= 0.6 is 11.5 Å². The van der Waals surface area contributed by atoms with Crippen LogP contribution in [0.5, 0.6) is 0 Å². The molecule has 1 saturated carbocycles. The fraction of sp³-hybridized carbons (Fsp3) is 0.778. The lowest BCUT2D eigenvalue weighted by Gasteiger charge is -2.04. The first-order valence-corrected chi connectivity index (χ1v) is 5.95. The molecule has 0 aromatic carbocycles. The van der Waals surface area contributed by atoms with Gasteiger partial charge in [-0.25, -0.2) is 4.98 Å². The summed E-state index contributed by atoms with van der Waals surface area (Å²) in [6, 6.07) is 0.661. The molecule has 2 N–H and O–H groups in total. The van der Waals surface area contributed by atoms with Crippen molar-refractivity contribution < 1.29 is 0 Å². The summed E-state index contributed by atoms with van der Waals surface area (Å²) in [6.07, 6.45) is 0.928. The Hall–Kier alpha value is -0.680. The van der Waals surface area contributed by atoms with E-state index in [1.807, 2.05) is 0 Å². The van der Waals surface area contributed by atoms with Gasteiger partial charge < -0.3 is 10.6 Å². The van der Waals surface area contributed by atoms with Crippen LogP contribution in [0.1, 0.15) is 12.7 Å². The summed E-state index contributed by atoms with van der Waals surface area (Å²) in [5, 5.41) is 7.86. The second-order valence-corrected chi connectivity index (χ2v) is 4.78. The van der Waals surface area contributed by atoms with Crippen molar-refractivity contribution in [3.63, 3.8) is 0 Å². The highest BCUT2D eigenvalue weighted by Gasteiger charge is 2.53. The molecule has 1 aromatic heterocycles. The molecule has 1 aromatic rings. The zero-order chi connectivity index (χ0) is 9.54. The number of anilines is 1. The molecule has 1 saturated heterocycles. The molecule has 14 heavy (non-hydrogen) atoms. The van der Waals surface area contributed by atoms with Gasteiger partial charge in [0, 0.05) is 37.1 Å². The molecule has 3 rings (SSSR count). The third kappa shape index (κ3) is 1.31. The van der Waals surface area contributed by atoms with Crippen LogP contribution < -0.4 is 10.6 Å². The summed E-state index contributed by atoms with van der Waals surface area (Å²) in [5.41, 5.74) is 0. The van der Waals surface area contributed by atoms with E-state index in [1.165, 1.54) is 24.6 Å². The molecule has 2 unspecified atom stereocenters. The largest absolute Gasteiger partial charge is 0.357 e. The molecule has 0 bridgehead atoms. The summed E-state index contributed by atoms with van der Waals surface area (Å²) in [7, 11) is 0. The molecule has 0 spiro atoms. The minimum Gasteiger partial charge on any atom is -0.357 e. The maximum absolute atomic E-state index is 4.41. The number of fused-ring (bicyclic) bond motifs is 1. The first-order valence-electron chi connectivity index (χ1n) is 5.18. The molecular formula is C9H14N4S. The van der Waals surface area contributed by atoms with Gasteiger partial charge in [-0.3, -0.25) is 0 Å². The molecule has 2 fully saturated rings. The van der Waals surface area contributed by atoms with Crippen LogP contribution in [0.15, 0.2) is 0 Å². The number of aryl methyl sites for hydroxylation is 1. The van der Waals surface area contributed by atoms with Crippen LogP contribution in [0.4, 0.5) is 5.13 Å². The summed E-state index contributed by atoms with van der Waals surface area (Å²) in [5.74, 6) is 2.63. The highest BCUT2D eigenvalue weighted by molar-refractivity contribution is 7.09. The lowest BCUT2D eigenvalue weighted by molar-refractivity contribution is 0.696. The van der Waals surface area contributed by atoms with Crippen molar-refractivity contribution in [2.75, 3.05) is 18.4 Å². The minimum atomic E-state index is 0.661. The Morgan fingerprint density at radius 3 is 2.93 bits per heavy atom. The lowest BCUT2D eigenvalue weighted by atomic mass is 10.4. The maximum Gasteiger partial charge on any atom is 0.202 e. The van der Waals surface area contributed by atoms with E-state index < -0.39 is 0 Å². The normalized spacial score (nSPS) is 34.2. The van der Waals surface area contributed by atoms with E-state index in [-0.39, 0.29) is 0 Å². The number of aromatic nitrogens is 2.